The predicted octanol–water partition coefficient (Wildman–Crippen LogP) is 2.00. The normalized spacial score (nSPS) is 16.2. The number of anilines is 1. The molecule has 3 N–H and O–H groups in total. The zero-order valence-electron chi connectivity index (χ0n) is 15.8. The third-order valence-electron chi connectivity index (χ3n) is 4.75. The minimum absolute atomic E-state index is 0.0519. The maximum atomic E-state index is 12.6. The summed E-state index contributed by atoms with van der Waals surface area (Å²) in [5.74, 6) is 0.489. The van der Waals surface area contributed by atoms with Crippen molar-refractivity contribution in [3.05, 3.63) is 59.2 Å². The van der Waals surface area contributed by atoms with E-state index in [1.54, 1.807) is 37.3 Å². The van der Waals surface area contributed by atoms with Crippen LogP contribution in [-0.2, 0) is 14.2 Å². The molecule has 28 heavy (non-hydrogen) atoms. The van der Waals surface area contributed by atoms with Crippen molar-refractivity contribution < 1.29 is 17.9 Å². The van der Waals surface area contributed by atoms with E-state index in [0.29, 0.717) is 11.4 Å². The number of nitrogens with one attached hydrogen (secondary N) is 1. The van der Waals surface area contributed by atoms with Gasteiger partial charge in [-0.3, -0.25) is 0 Å². The van der Waals surface area contributed by atoms with E-state index in [1.165, 1.54) is 19.2 Å². The number of carbonyl (C=O) groups excluding carboxylic acids is 1. The fourth-order valence-electron chi connectivity index (χ4n) is 3.09. The van der Waals surface area contributed by atoms with Gasteiger partial charge < -0.3 is 0 Å². The van der Waals surface area contributed by atoms with Crippen LogP contribution in [0.3, 0.4) is 0 Å². The summed E-state index contributed by atoms with van der Waals surface area (Å²) >= 11 is -2.27. The standard InChI is InChI=1S/C16H16NO4S.C3H6N2.In/c1-11-6-4-5-7-14(11)17-22(19,20)16(18)13-9-8-12(2)15(10-13)21-3;4-2-1-3-5;/h4-10,17H,2H2,1,3H3;2-3H,1,4H2;/q;-1;+1. The van der Waals surface area contributed by atoms with E-state index in [4.69, 9.17) is 10.5 Å². The van der Waals surface area contributed by atoms with Gasteiger partial charge in [0, 0.05) is 0 Å². The molecule has 1 atom stereocenters. The number of benzene rings is 2. The van der Waals surface area contributed by atoms with Gasteiger partial charge in [0.25, 0.3) is 0 Å². The quantitative estimate of drug-likeness (QED) is 0.627. The fraction of sp³-hybridized carbons (Fsp3) is 0.263. The van der Waals surface area contributed by atoms with Crippen LogP contribution in [0.25, 0.3) is 0 Å². The summed E-state index contributed by atoms with van der Waals surface area (Å²) < 4.78 is 38.3. The van der Waals surface area contributed by atoms with Gasteiger partial charge >= 0.3 is 173 Å². The van der Waals surface area contributed by atoms with Crippen molar-refractivity contribution in [2.24, 2.45) is 8.71 Å². The van der Waals surface area contributed by atoms with Crippen LogP contribution < -0.4 is 15.2 Å². The molecule has 3 rings (SSSR count). The molecule has 0 radical (unpaired) electrons. The third kappa shape index (κ3) is 4.59. The van der Waals surface area contributed by atoms with E-state index in [0.717, 1.165) is 21.7 Å². The molecule has 1 heterocycles. The molecule has 146 valence electrons. The number of methoxy groups -OCH3 is 1. The van der Waals surface area contributed by atoms with Crippen molar-refractivity contribution in [1.29, 1.82) is 0 Å². The van der Waals surface area contributed by atoms with Crippen LogP contribution in [-0.4, -0.2) is 52.4 Å². The molecule has 0 aromatic heterocycles. The van der Waals surface area contributed by atoms with Gasteiger partial charge in [-0.1, -0.05) is 0 Å². The Morgan fingerprint density at radius 1 is 1.32 bits per heavy atom. The Bertz CT molecular complexity index is 1020. The summed E-state index contributed by atoms with van der Waals surface area (Å²) in [5, 5.41) is -1.00. The zero-order valence-corrected chi connectivity index (χ0v) is 19.9. The van der Waals surface area contributed by atoms with E-state index in [1.807, 2.05) is 6.21 Å². The molecule has 0 saturated heterocycles. The molecule has 1 unspecified atom stereocenters. The number of nitrogens with zero attached hydrogens (tertiary/aromatic N) is 1. The van der Waals surface area contributed by atoms with Crippen LogP contribution in [0.4, 0.5) is 5.69 Å². The SMILES string of the molecule is COc1cc(C(=O)S(=O)(=O)Nc2ccccc2C)ccc1[CH2][In]1[N]=CC[CH]1N. The molecule has 1 aliphatic rings. The van der Waals surface area contributed by atoms with Gasteiger partial charge in [0.2, 0.25) is 0 Å². The van der Waals surface area contributed by atoms with Crippen LogP contribution in [0, 0.1) is 6.92 Å². The molecule has 7 nitrogen and oxygen atoms in total. The van der Waals surface area contributed by atoms with Gasteiger partial charge in [0.15, 0.2) is 0 Å². The van der Waals surface area contributed by atoms with Gasteiger partial charge in [-0.25, -0.2) is 0 Å². The molecule has 0 spiro atoms. The zero-order chi connectivity index (χ0) is 20.3. The number of nitrogens with two attached hydrogens (primary N) is 1. The monoisotopic (exact) mass is 503 g/mol. The first-order valence-corrected chi connectivity index (χ1v) is 16.1. The Morgan fingerprint density at radius 3 is 2.71 bits per heavy atom. The summed E-state index contributed by atoms with van der Waals surface area (Å²) in [4.78, 5) is 12.6. The molecule has 0 fully saturated rings. The van der Waals surface area contributed by atoms with Crippen molar-refractivity contribution in [2.75, 3.05) is 11.8 Å². The summed E-state index contributed by atoms with van der Waals surface area (Å²) in [6, 6.07) is 11.6. The maximum absolute atomic E-state index is 12.6. The Kier molecular flexibility index (Phi) is 6.47. The first kappa shape index (κ1) is 20.9. The second-order valence-electron chi connectivity index (χ2n) is 6.74. The van der Waals surface area contributed by atoms with E-state index in [-0.39, 0.29) is 9.36 Å². The average molecular weight is 503 g/mol. The van der Waals surface area contributed by atoms with E-state index >= 15 is 0 Å². The van der Waals surface area contributed by atoms with Crippen LogP contribution in [0.5, 0.6) is 5.75 Å². The van der Waals surface area contributed by atoms with Crippen molar-refractivity contribution in [3.63, 3.8) is 0 Å². The molecular weight excluding hydrogens is 481 g/mol. The number of rotatable bonds is 6. The van der Waals surface area contributed by atoms with E-state index in [2.05, 4.69) is 7.70 Å². The molecule has 2 aromatic carbocycles. The van der Waals surface area contributed by atoms with Crippen LogP contribution in [0.15, 0.2) is 45.4 Å². The number of ether oxygens (including phenoxy) is 1. The number of sulfonamides is 1. The predicted molar refractivity (Wildman–Crippen MR) is 112 cm³/mol. The topological polar surface area (TPSA) is 111 Å². The van der Waals surface area contributed by atoms with E-state index < -0.39 is 36.9 Å². The van der Waals surface area contributed by atoms with Crippen molar-refractivity contribution in [2.45, 2.75) is 21.3 Å². The Morgan fingerprint density at radius 2 is 2.07 bits per heavy atom. The minimum atomic E-state index is -4.23. The van der Waals surface area contributed by atoms with Gasteiger partial charge in [0.05, 0.1) is 0 Å². The molecule has 2 aromatic rings. The summed E-state index contributed by atoms with van der Waals surface area (Å²) in [5.41, 5.74) is 8.20. The number of para-hydroxylation sites is 1. The summed E-state index contributed by atoms with van der Waals surface area (Å²) in [6.07, 6.45) is 2.72. The third-order valence-corrected chi connectivity index (χ3v) is 13.7. The van der Waals surface area contributed by atoms with Crippen LogP contribution in [0.2, 0.25) is 0 Å². The molecule has 0 bridgehead atoms. The first-order chi connectivity index (χ1) is 13.3. The molecular formula is C19H22InN3O4S. The summed E-state index contributed by atoms with van der Waals surface area (Å²) in [7, 11) is -2.73. The van der Waals surface area contributed by atoms with Crippen LogP contribution in [0.1, 0.15) is 27.9 Å². The second kappa shape index (κ2) is 8.67. The molecule has 0 saturated carbocycles. The Labute approximate surface area is 173 Å². The van der Waals surface area contributed by atoms with Gasteiger partial charge in [-0.2, -0.15) is 0 Å². The second-order valence-corrected chi connectivity index (χ2v) is 16.0. The molecule has 0 amide bonds. The average Bonchev–Trinajstić information content (AvgIpc) is 3.08. The van der Waals surface area contributed by atoms with E-state index in [9.17, 15) is 13.2 Å². The Balaban J connectivity index is 1.83. The number of hydrogen-bond acceptors (Lipinski definition) is 6. The van der Waals surface area contributed by atoms with Crippen molar-refractivity contribution in [3.8, 4) is 5.75 Å². The van der Waals surface area contributed by atoms with Crippen molar-refractivity contribution >= 4 is 48.8 Å². The number of aryl methyl sites for hydroxylation is 1. The molecule has 0 aliphatic carbocycles. The number of carbonyl (C=O) groups is 1. The molecule has 1 aliphatic heterocycles. The van der Waals surface area contributed by atoms with Gasteiger partial charge in [-0.15, -0.1) is 0 Å². The first-order valence-electron chi connectivity index (χ1n) is 8.88. The number of hydrogen-bond donors (Lipinski definition) is 2. The molecule has 9 heteroatoms. The van der Waals surface area contributed by atoms with Gasteiger partial charge in [0.1, 0.15) is 0 Å². The van der Waals surface area contributed by atoms with Crippen molar-refractivity contribution in [1.82, 2.24) is 0 Å². The Hall–Kier alpha value is -1.84. The van der Waals surface area contributed by atoms with Gasteiger partial charge in [-0.05, 0) is 0 Å². The fourth-order valence-corrected chi connectivity index (χ4v) is 10.5. The summed E-state index contributed by atoms with van der Waals surface area (Å²) in [6.45, 7) is 1.77. The van der Waals surface area contributed by atoms with Crippen LogP contribution >= 0.6 is 0 Å².